The molecule has 0 amide bonds. The Morgan fingerprint density at radius 3 is 2.44 bits per heavy atom. The molecule has 0 bridgehead atoms. The lowest BCUT2D eigenvalue weighted by molar-refractivity contribution is -0.141. The van der Waals surface area contributed by atoms with Crippen molar-refractivity contribution in [3.8, 4) is 22.5 Å². The van der Waals surface area contributed by atoms with Crippen LogP contribution >= 0.6 is 0 Å². The van der Waals surface area contributed by atoms with Gasteiger partial charge in [-0.15, -0.1) is 0 Å². The number of nitrogens with one attached hydrogen (secondary N) is 1. The Kier molecular flexibility index (Phi) is 10.4. The highest BCUT2D eigenvalue weighted by Crippen LogP contribution is 2.40. The number of carboxylic acid groups (broad SMARTS) is 1. The molecule has 2 atom stereocenters. The minimum Gasteiger partial charge on any atom is -0.481 e. The van der Waals surface area contributed by atoms with Crippen molar-refractivity contribution in [3.05, 3.63) is 101 Å². The minimum absolute atomic E-state index is 0.201. The number of hydrogen-bond acceptors (Lipinski definition) is 9. The van der Waals surface area contributed by atoms with Crippen LogP contribution in [0.25, 0.3) is 44.3 Å². The van der Waals surface area contributed by atoms with Gasteiger partial charge in [0.25, 0.3) is 0 Å². The summed E-state index contributed by atoms with van der Waals surface area (Å²) in [5.74, 6) is -0.434. The molecule has 4 aromatic heterocycles. The fourth-order valence-corrected chi connectivity index (χ4v) is 8.31. The summed E-state index contributed by atoms with van der Waals surface area (Å²) in [6, 6.07) is 17.3. The molecule has 8 rings (SSSR count). The van der Waals surface area contributed by atoms with Crippen LogP contribution in [0.3, 0.4) is 0 Å². The van der Waals surface area contributed by atoms with Crippen LogP contribution < -0.4 is 10.8 Å². The molecule has 0 saturated carbocycles. The zero-order valence-corrected chi connectivity index (χ0v) is 32.0. The zero-order valence-electron chi connectivity index (χ0n) is 32.0. The predicted molar refractivity (Wildman–Crippen MR) is 212 cm³/mol. The first-order valence-corrected chi connectivity index (χ1v) is 19.1. The monoisotopic (exact) mass is 779 g/mol. The number of halogens is 3. The normalized spacial score (nSPS) is 18.3. The number of benzene rings is 2. The Bertz CT molecular complexity index is 2570. The van der Waals surface area contributed by atoms with Crippen molar-refractivity contribution in [2.75, 3.05) is 45.1 Å². The fraction of sp³-hybridized carbons (Fsp3) is 0.349. The molecule has 2 aliphatic heterocycles. The van der Waals surface area contributed by atoms with E-state index in [0.29, 0.717) is 61.8 Å². The van der Waals surface area contributed by atoms with E-state index in [1.54, 1.807) is 19.3 Å². The van der Waals surface area contributed by atoms with Crippen molar-refractivity contribution < 1.29 is 32.6 Å². The number of likely N-dealkylation sites (tertiary alicyclic amines) is 2. The number of aromatic nitrogens is 3. The van der Waals surface area contributed by atoms with Gasteiger partial charge in [0.15, 0.2) is 11.4 Å². The number of furan rings is 1. The van der Waals surface area contributed by atoms with E-state index in [4.69, 9.17) is 9.40 Å². The van der Waals surface area contributed by atoms with Gasteiger partial charge in [-0.25, -0.2) is 4.98 Å². The molecule has 6 heterocycles. The van der Waals surface area contributed by atoms with Gasteiger partial charge in [-0.1, -0.05) is 30.3 Å². The maximum atomic E-state index is 14.6. The van der Waals surface area contributed by atoms with Crippen LogP contribution in [0.1, 0.15) is 35.1 Å². The number of anilines is 2. The summed E-state index contributed by atoms with van der Waals surface area (Å²) >= 11 is 0. The fourth-order valence-electron chi connectivity index (χ4n) is 8.31. The van der Waals surface area contributed by atoms with Crippen LogP contribution in [0.4, 0.5) is 24.7 Å². The third-order valence-corrected chi connectivity index (χ3v) is 11.4. The van der Waals surface area contributed by atoms with Crippen LogP contribution in [-0.2, 0) is 24.1 Å². The zero-order chi connectivity index (χ0) is 40.0. The van der Waals surface area contributed by atoms with Gasteiger partial charge >= 0.3 is 12.1 Å². The van der Waals surface area contributed by atoms with E-state index in [1.807, 2.05) is 67.4 Å². The van der Waals surface area contributed by atoms with Crippen LogP contribution in [0.2, 0.25) is 0 Å². The molecular formula is C43H44F3N7O4. The maximum Gasteiger partial charge on any atom is 0.421 e. The smallest absolute Gasteiger partial charge is 0.421 e. The second-order valence-corrected chi connectivity index (χ2v) is 15.1. The van der Waals surface area contributed by atoms with Crippen molar-refractivity contribution in [1.29, 1.82) is 0 Å². The Hall–Kier alpha value is -5.57. The molecule has 296 valence electrons. The van der Waals surface area contributed by atoms with Gasteiger partial charge in [0, 0.05) is 81.5 Å². The van der Waals surface area contributed by atoms with E-state index in [-0.39, 0.29) is 23.6 Å². The van der Waals surface area contributed by atoms with Crippen LogP contribution in [0.5, 0.6) is 0 Å². The van der Waals surface area contributed by atoms with Crippen molar-refractivity contribution in [1.82, 2.24) is 24.3 Å². The Morgan fingerprint density at radius 2 is 1.72 bits per heavy atom. The van der Waals surface area contributed by atoms with Crippen molar-refractivity contribution >= 4 is 39.3 Å². The molecule has 2 aromatic carbocycles. The van der Waals surface area contributed by atoms with Crippen LogP contribution in [0, 0.1) is 19.8 Å². The van der Waals surface area contributed by atoms with Crippen LogP contribution in [0.15, 0.2) is 82.6 Å². The molecule has 2 saturated heterocycles. The number of aliphatic hydroxyl groups excluding tert-OH is 1. The molecule has 0 spiro atoms. The summed E-state index contributed by atoms with van der Waals surface area (Å²) in [4.78, 5) is 29.4. The minimum atomic E-state index is -4.69. The SMILES string of the molecule is C/N=c1/c2cc(-c3cccc(-c4cccc(Nc5nccc6cc(CN7CC[C@@H](O)C7)cnc56)c4C)c3C)oc2c(C(F)(F)F)cn1CCN1CC[C@@H](C(=O)O)C1. The molecule has 0 unspecified atom stereocenters. The quantitative estimate of drug-likeness (QED) is 0.130. The van der Waals surface area contributed by atoms with Crippen LogP contribution in [-0.4, -0.2) is 86.4 Å². The molecule has 57 heavy (non-hydrogen) atoms. The molecule has 0 aliphatic carbocycles. The summed E-state index contributed by atoms with van der Waals surface area (Å²) in [5, 5.41) is 24.0. The molecule has 0 radical (unpaired) electrons. The highest BCUT2D eigenvalue weighted by atomic mass is 19.4. The Balaban J connectivity index is 1.10. The molecule has 11 nitrogen and oxygen atoms in total. The number of β-amino-alcohol motifs (C(OH)–C–C–N with tert-alkyl or cyclic N) is 1. The first-order valence-electron chi connectivity index (χ1n) is 19.1. The first-order chi connectivity index (χ1) is 27.4. The van der Waals surface area contributed by atoms with Gasteiger partial charge in [0.1, 0.15) is 22.3 Å². The van der Waals surface area contributed by atoms with Crippen molar-refractivity contribution in [2.24, 2.45) is 10.9 Å². The first kappa shape index (κ1) is 38.3. The van der Waals surface area contributed by atoms with E-state index in [9.17, 15) is 28.2 Å². The van der Waals surface area contributed by atoms with E-state index >= 15 is 0 Å². The van der Waals surface area contributed by atoms with Gasteiger partial charge in [-0.2, -0.15) is 13.2 Å². The highest BCUT2D eigenvalue weighted by Gasteiger charge is 2.36. The topological polar surface area (TPSA) is 132 Å². The summed E-state index contributed by atoms with van der Waals surface area (Å²) in [5.41, 5.74) is 6.06. The number of hydrogen-bond donors (Lipinski definition) is 3. The predicted octanol–water partition coefficient (Wildman–Crippen LogP) is 7.39. The van der Waals surface area contributed by atoms with Gasteiger partial charge in [0.05, 0.1) is 17.4 Å². The molecular weight excluding hydrogens is 736 g/mol. The molecule has 3 N–H and O–H groups in total. The number of rotatable bonds is 10. The van der Waals surface area contributed by atoms with Crippen molar-refractivity contribution in [3.63, 3.8) is 0 Å². The second-order valence-electron chi connectivity index (χ2n) is 15.1. The average Bonchev–Trinajstić information content (AvgIpc) is 3.94. The number of aliphatic carboxylic acids is 1. The molecule has 2 aliphatic rings. The Morgan fingerprint density at radius 1 is 0.965 bits per heavy atom. The van der Waals surface area contributed by atoms with E-state index in [0.717, 1.165) is 63.6 Å². The summed E-state index contributed by atoms with van der Waals surface area (Å²) in [7, 11) is 1.54. The van der Waals surface area contributed by atoms with E-state index < -0.39 is 23.6 Å². The number of aliphatic hydroxyl groups is 1. The average molecular weight is 780 g/mol. The number of nitrogens with zero attached hydrogens (tertiary/aromatic N) is 6. The standard InChI is InChI=1S/C43H44F3N7O4/c1-25-31(32-7-5-9-36(26(32)2)50-40-38-28(10-13-48-40)18-27(20-49-38)21-52-15-12-30(54)23-52)6-4-8-33(25)37-19-34-39(57-37)35(43(44,45)46)24-53(41(34)47-3)17-16-51-14-11-29(22-51)42(55)56/h4-10,13,18-20,24,29-30,54H,11-12,14-17,21-23H2,1-3H3,(H,48,50)(H,55,56)/b47-41-/t29-,30-/m1/s1. The summed E-state index contributed by atoms with van der Waals surface area (Å²) in [6.45, 7) is 7.69. The van der Waals surface area contributed by atoms with Gasteiger partial charge in [-0.05, 0) is 85.3 Å². The summed E-state index contributed by atoms with van der Waals surface area (Å²) < 4.78 is 51.5. The second kappa shape index (κ2) is 15.4. The van der Waals surface area contributed by atoms with E-state index in [1.165, 1.54) is 4.57 Å². The lowest BCUT2D eigenvalue weighted by Gasteiger charge is -2.18. The lowest BCUT2D eigenvalue weighted by Crippen LogP contribution is -2.31. The third kappa shape index (κ3) is 7.64. The highest BCUT2D eigenvalue weighted by molar-refractivity contribution is 5.92. The van der Waals surface area contributed by atoms with E-state index in [2.05, 4.69) is 26.3 Å². The number of carboxylic acids is 1. The number of pyridine rings is 3. The third-order valence-electron chi connectivity index (χ3n) is 11.4. The number of carbonyl (C=O) groups is 1. The van der Waals surface area contributed by atoms with Gasteiger partial charge < -0.3 is 29.4 Å². The Labute approximate surface area is 327 Å². The lowest BCUT2D eigenvalue weighted by atomic mass is 9.92. The largest absolute Gasteiger partial charge is 0.481 e. The van der Waals surface area contributed by atoms with Gasteiger partial charge in [0.2, 0.25) is 0 Å². The maximum absolute atomic E-state index is 14.6. The summed E-state index contributed by atoms with van der Waals surface area (Å²) in [6.07, 6.45) is 0.969. The van der Waals surface area contributed by atoms with Gasteiger partial charge in [-0.3, -0.25) is 19.7 Å². The molecule has 6 aromatic rings. The van der Waals surface area contributed by atoms with Crippen molar-refractivity contribution in [2.45, 2.75) is 52.1 Å². The molecule has 14 heteroatoms. The molecule has 2 fully saturated rings. The number of alkyl halides is 3. The number of fused-ring (bicyclic) bond motifs is 2.